The van der Waals surface area contributed by atoms with Crippen molar-refractivity contribution in [1.29, 1.82) is 0 Å². The number of rotatable bonds is 4. The number of ether oxygens (including phenoxy) is 1. The molecular formula is C22H25F3N2O2. The van der Waals surface area contributed by atoms with E-state index >= 15 is 0 Å². The molecule has 1 fully saturated rings. The third-order valence-corrected chi connectivity index (χ3v) is 5.51. The summed E-state index contributed by atoms with van der Waals surface area (Å²) in [5.41, 5.74) is 1.80. The Balaban J connectivity index is 1.61. The lowest BCUT2D eigenvalue weighted by Crippen LogP contribution is -2.49. The number of carbonyl (C=O) groups excluding carboxylic acids is 1. The molecule has 1 aliphatic heterocycles. The molecule has 2 aromatic rings. The van der Waals surface area contributed by atoms with E-state index in [9.17, 15) is 18.0 Å². The highest BCUT2D eigenvalue weighted by atomic mass is 19.4. The molecule has 2 aromatic carbocycles. The molecule has 4 nitrogen and oxygen atoms in total. The minimum atomic E-state index is -4.40. The van der Waals surface area contributed by atoms with E-state index in [0.717, 1.165) is 23.4 Å². The van der Waals surface area contributed by atoms with E-state index < -0.39 is 11.7 Å². The molecule has 1 aliphatic rings. The quantitative estimate of drug-likeness (QED) is 0.747. The molecular weight excluding hydrogens is 381 g/mol. The second-order valence-electron chi connectivity index (χ2n) is 7.31. The van der Waals surface area contributed by atoms with Crippen LogP contribution >= 0.6 is 0 Å². The van der Waals surface area contributed by atoms with Gasteiger partial charge in [-0.25, -0.2) is 0 Å². The van der Waals surface area contributed by atoms with Crippen LogP contribution in [0.15, 0.2) is 42.5 Å². The Bertz CT molecular complexity index is 857. The molecule has 29 heavy (non-hydrogen) atoms. The minimum Gasteiger partial charge on any atom is -0.496 e. The third kappa shape index (κ3) is 4.72. The van der Waals surface area contributed by atoms with E-state index in [4.69, 9.17) is 4.74 Å². The van der Waals surface area contributed by atoms with Crippen LogP contribution in [-0.4, -0.2) is 49.0 Å². The average molecular weight is 406 g/mol. The fraction of sp³-hybridized carbons (Fsp3) is 0.409. The maximum Gasteiger partial charge on any atom is 0.416 e. The van der Waals surface area contributed by atoms with Gasteiger partial charge in [-0.3, -0.25) is 9.69 Å². The Labute approximate surface area is 168 Å². The van der Waals surface area contributed by atoms with Gasteiger partial charge in [0.1, 0.15) is 5.75 Å². The van der Waals surface area contributed by atoms with E-state index in [1.165, 1.54) is 17.7 Å². The monoisotopic (exact) mass is 406 g/mol. The zero-order valence-corrected chi connectivity index (χ0v) is 16.8. The molecule has 1 heterocycles. The van der Waals surface area contributed by atoms with Crippen molar-refractivity contribution in [3.05, 3.63) is 64.7 Å². The van der Waals surface area contributed by atoms with E-state index in [1.807, 2.05) is 13.0 Å². The number of aryl methyl sites for hydroxylation is 1. The van der Waals surface area contributed by atoms with Gasteiger partial charge in [0, 0.05) is 37.8 Å². The standard InChI is InChI=1S/C22H25F3N2O2/c1-15-14-18(6-9-20(15)29-3)16(2)26-10-12-27(13-11-26)21(28)17-4-7-19(8-5-17)22(23,24)25/h4-9,14,16H,10-13H2,1-3H3. The summed E-state index contributed by atoms with van der Waals surface area (Å²) in [6.45, 7) is 6.64. The minimum absolute atomic E-state index is 0.197. The van der Waals surface area contributed by atoms with Gasteiger partial charge in [-0.2, -0.15) is 13.2 Å². The van der Waals surface area contributed by atoms with E-state index in [0.29, 0.717) is 26.2 Å². The van der Waals surface area contributed by atoms with Crippen LogP contribution in [0.3, 0.4) is 0 Å². The van der Waals surface area contributed by atoms with Crippen LogP contribution < -0.4 is 4.74 Å². The summed E-state index contributed by atoms with van der Waals surface area (Å²) in [4.78, 5) is 16.6. The molecule has 0 spiro atoms. The molecule has 0 N–H and O–H groups in total. The predicted molar refractivity (Wildman–Crippen MR) is 105 cm³/mol. The smallest absolute Gasteiger partial charge is 0.416 e. The average Bonchev–Trinajstić information content (AvgIpc) is 2.72. The van der Waals surface area contributed by atoms with E-state index in [-0.39, 0.29) is 17.5 Å². The lowest BCUT2D eigenvalue weighted by molar-refractivity contribution is -0.137. The number of hydrogen-bond acceptors (Lipinski definition) is 3. The summed E-state index contributed by atoms with van der Waals surface area (Å²) in [5.74, 6) is 0.624. The topological polar surface area (TPSA) is 32.8 Å². The Hall–Kier alpha value is -2.54. The summed E-state index contributed by atoms with van der Waals surface area (Å²) < 4.78 is 43.4. The lowest BCUT2D eigenvalue weighted by Gasteiger charge is -2.38. The molecule has 156 valence electrons. The maximum atomic E-state index is 12.7. The molecule has 0 radical (unpaired) electrons. The molecule has 0 aliphatic carbocycles. The van der Waals surface area contributed by atoms with Crippen molar-refractivity contribution >= 4 is 5.91 Å². The van der Waals surface area contributed by atoms with E-state index in [2.05, 4.69) is 24.0 Å². The first-order valence-electron chi connectivity index (χ1n) is 9.56. The molecule has 1 atom stereocenters. The van der Waals surface area contributed by atoms with Crippen molar-refractivity contribution in [3.63, 3.8) is 0 Å². The van der Waals surface area contributed by atoms with Gasteiger partial charge in [0.25, 0.3) is 5.91 Å². The van der Waals surface area contributed by atoms with Crippen molar-refractivity contribution in [3.8, 4) is 5.75 Å². The van der Waals surface area contributed by atoms with Crippen molar-refractivity contribution < 1.29 is 22.7 Å². The summed E-state index contributed by atoms with van der Waals surface area (Å²) >= 11 is 0. The number of carbonyl (C=O) groups is 1. The maximum absolute atomic E-state index is 12.7. The zero-order valence-electron chi connectivity index (χ0n) is 16.8. The van der Waals surface area contributed by atoms with Gasteiger partial charge in [0.2, 0.25) is 0 Å². The van der Waals surface area contributed by atoms with Crippen molar-refractivity contribution in [2.24, 2.45) is 0 Å². The zero-order chi connectivity index (χ0) is 21.2. The van der Waals surface area contributed by atoms with Crippen LogP contribution in [0.1, 0.15) is 40.0 Å². The first kappa shape index (κ1) is 21.2. The highest BCUT2D eigenvalue weighted by Gasteiger charge is 2.31. The fourth-order valence-electron chi connectivity index (χ4n) is 3.67. The molecule has 1 amide bonds. The largest absolute Gasteiger partial charge is 0.496 e. The highest BCUT2D eigenvalue weighted by molar-refractivity contribution is 5.94. The van der Waals surface area contributed by atoms with Crippen LogP contribution in [0.25, 0.3) is 0 Å². The summed E-state index contributed by atoms with van der Waals surface area (Å²) in [5, 5.41) is 0. The Morgan fingerprint density at radius 3 is 2.17 bits per heavy atom. The van der Waals surface area contributed by atoms with Crippen molar-refractivity contribution in [2.45, 2.75) is 26.1 Å². The van der Waals surface area contributed by atoms with Crippen molar-refractivity contribution in [2.75, 3.05) is 33.3 Å². The summed E-state index contributed by atoms with van der Waals surface area (Å²) in [6.07, 6.45) is -4.40. The number of halogens is 3. The van der Waals surface area contributed by atoms with Crippen LogP contribution in [0, 0.1) is 6.92 Å². The number of alkyl halides is 3. The van der Waals surface area contributed by atoms with Gasteiger partial charge in [-0.05, 0) is 55.3 Å². The number of nitrogens with zero attached hydrogens (tertiary/aromatic N) is 2. The molecule has 0 bridgehead atoms. The van der Waals surface area contributed by atoms with Gasteiger partial charge >= 0.3 is 6.18 Å². The van der Waals surface area contributed by atoms with Gasteiger partial charge in [-0.1, -0.05) is 12.1 Å². The van der Waals surface area contributed by atoms with Gasteiger partial charge in [0.15, 0.2) is 0 Å². The van der Waals surface area contributed by atoms with Gasteiger partial charge < -0.3 is 9.64 Å². The first-order valence-corrected chi connectivity index (χ1v) is 9.56. The summed E-state index contributed by atoms with van der Waals surface area (Å²) in [7, 11) is 1.65. The number of benzene rings is 2. The number of hydrogen-bond donors (Lipinski definition) is 0. The Morgan fingerprint density at radius 1 is 1.03 bits per heavy atom. The molecule has 0 saturated carbocycles. The van der Waals surface area contributed by atoms with Gasteiger partial charge in [0.05, 0.1) is 12.7 Å². The molecule has 0 aromatic heterocycles. The molecule has 1 saturated heterocycles. The lowest BCUT2D eigenvalue weighted by atomic mass is 10.0. The second kappa shape index (κ2) is 8.45. The molecule has 1 unspecified atom stereocenters. The third-order valence-electron chi connectivity index (χ3n) is 5.51. The molecule has 7 heteroatoms. The van der Waals surface area contributed by atoms with Crippen LogP contribution in [0.5, 0.6) is 5.75 Å². The van der Waals surface area contributed by atoms with Crippen molar-refractivity contribution in [1.82, 2.24) is 9.80 Å². The number of piperazine rings is 1. The predicted octanol–water partition coefficient (Wildman–Crippen LogP) is 4.54. The van der Waals surface area contributed by atoms with E-state index in [1.54, 1.807) is 12.0 Å². The normalized spacial score (nSPS) is 16.6. The highest BCUT2D eigenvalue weighted by Crippen LogP contribution is 2.30. The van der Waals surface area contributed by atoms with Gasteiger partial charge in [-0.15, -0.1) is 0 Å². The van der Waals surface area contributed by atoms with Crippen LogP contribution in [0.2, 0.25) is 0 Å². The van der Waals surface area contributed by atoms with Crippen LogP contribution in [-0.2, 0) is 6.18 Å². The summed E-state index contributed by atoms with van der Waals surface area (Å²) in [6, 6.07) is 10.7. The molecule has 3 rings (SSSR count). The fourth-order valence-corrected chi connectivity index (χ4v) is 3.67. The van der Waals surface area contributed by atoms with Crippen LogP contribution in [0.4, 0.5) is 13.2 Å². The first-order chi connectivity index (χ1) is 13.7. The SMILES string of the molecule is COc1ccc(C(C)N2CCN(C(=O)c3ccc(C(F)(F)F)cc3)CC2)cc1C. The number of methoxy groups -OCH3 is 1. The number of amides is 1. The second-order valence-corrected chi connectivity index (χ2v) is 7.31. The Morgan fingerprint density at radius 2 is 1.66 bits per heavy atom. The Kier molecular flexibility index (Phi) is 6.17.